The van der Waals surface area contributed by atoms with Crippen LogP contribution in [0.5, 0.6) is 0 Å². The molecule has 5 heteroatoms. The highest BCUT2D eigenvalue weighted by atomic mass is 35.5. The fraction of sp³-hybridized carbons (Fsp3) is 0.0833. The van der Waals surface area contributed by atoms with E-state index in [9.17, 15) is 0 Å². The summed E-state index contributed by atoms with van der Waals surface area (Å²) in [7, 11) is 1.86. The molecule has 3 aromatic rings. The molecule has 0 radical (unpaired) electrons. The van der Waals surface area contributed by atoms with Crippen molar-refractivity contribution >= 4 is 28.2 Å². The Morgan fingerprint density at radius 1 is 1.41 bits per heavy atom. The number of halogens is 1. The van der Waals surface area contributed by atoms with Gasteiger partial charge in [0.1, 0.15) is 5.69 Å². The lowest BCUT2D eigenvalue weighted by atomic mass is 10.2. The van der Waals surface area contributed by atoms with Crippen molar-refractivity contribution in [2.45, 2.75) is 0 Å². The van der Waals surface area contributed by atoms with E-state index in [1.54, 1.807) is 10.9 Å². The molecule has 0 unspecified atom stereocenters. The van der Waals surface area contributed by atoms with Crippen molar-refractivity contribution in [2.75, 3.05) is 5.73 Å². The van der Waals surface area contributed by atoms with Crippen molar-refractivity contribution in [2.24, 2.45) is 7.05 Å². The molecule has 0 atom stereocenters. The molecule has 2 aromatic heterocycles. The SMILES string of the molecule is Cn1ncc(N)c1-c1cc2c(Cl)cccc2[nH]1. The number of nitrogens with two attached hydrogens (primary N) is 1. The van der Waals surface area contributed by atoms with Gasteiger partial charge in [0.05, 0.1) is 17.6 Å². The lowest BCUT2D eigenvalue weighted by molar-refractivity contribution is 0.774. The number of hydrogen-bond donors (Lipinski definition) is 2. The summed E-state index contributed by atoms with van der Waals surface area (Å²) in [5.41, 5.74) is 9.33. The van der Waals surface area contributed by atoms with Gasteiger partial charge in [0.25, 0.3) is 0 Å². The van der Waals surface area contributed by atoms with Gasteiger partial charge in [-0.25, -0.2) is 0 Å². The first kappa shape index (κ1) is 10.2. The Bertz CT molecular complexity index is 676. The third-order valence-electron chi connectivity index (χ3n) is 2.83. The summed E-state index contributed by atoms with van der Waals surface area (Å²) < 4.78 is 1.74. The third kappa shape index (κ3) is 1.49. The van der Waals surface area contributed by atoms with E-state index in [0.29, 0.717) is 5.69 Å². The molecule has 2 heterocycles. The van der Waals surface area contributed by atoms with Crippen LogP contribution in [0.2, 0.25) is 5.02 Å². The molecule has 0 aliphatic rings. The van der Waals surface area contributed by atoms with E-state index in [4.69, 9.17) is 17.3 Å². The highest BCUT2D eigenvalue weighted by Crippen LogP contribution is 2.31. The van der Waals surface area contributed by atoms with Crippen LogP contribution in [0.1, 0.15) is 0 Å². The minimum atomic E-state index is 0.648. The van der Waals surface area contributed by atoms with E-state index in [1.165, 1.54) is 0 Å². The van der Waals surface area contributed by atoms with E-state index in [0.717, 1.165) is 27.3 Å². The Kier molecular flexibility index (Phi) is 2.12. The Labute approximate surface area is 103 Å². The Hall–Kier alpha value is -1.94. The molecule has 4 nitrogen and oxygen atoms in total. The number of aromatic amines is 1. The molecule has 0 saturated heterocycles. The first-order valence-electron chi connectivity index (χ1n) is 5.22. The summed E-state index contributed by atoms with van der Waals surface area (Å²) in [6.45, 7) is 0. The van der Waals surface area contributed by atoms with Crippen molar-refractivity contribution in [1.29, 1.82) is 0 Å². The summed E-state index contributed by atoms with van der Waals surface area (Å²) in [5.74, 6) is 0. The van der Waals surface area contributed by atoms with Gasteiger partial charge in [0.15, 0.2) is 0 Å². The lowest BCUT2D eigenvalue weighted by Gasteiger charge is -1.99. The van der Waals surface area contributed by atoms with E-state index >= 15 is 0 Å². The highest BCUT2D eigenvalue weighted by molar-refractivity contribution is 6.35. The van der Waals surface area contributed by atoms with Gasteiger partial charge < -0.3 is 10.7 Å². The monoisotopic (exact) mass is 246 g/mol. The van der Waals surface area contributed by atoms with Gasteiger partial charge in [-0.05, 0) is 18.2 Å². The second-order valence-electron chi connectivity index (χ2n) is 3.96. The van der Waals surface area contributed by atoms with Gasteiger partial charge in [-0.3, -0.25) is 4.68 Å². The second kappa shape index (κ2) is 3.53. The average molecular weight is 247 g/mol. The smallest absolute Gasteiger partial charge is 0.107 e. The summed E-state index contributed by atoms with van der Waals surface area (Å²) >= 11 is 6.14. The average Bonchev–Trinajstić information content (AvgIpc) is 2.84. The molecular formula is C12H11ClN4. The minimum Gasteiger partial charge on any atom is -0.396 e. The van der Waals surface area contributed by atoms with Crippen LogP contribution in [0.4, 0.5) is 5.69 Å². The number of rotatable bonds is 1. The molecular weight excluding hydrogens is 236 g/mol. The van der Waals surface area contributed by atoms with Gasteiger partial charge in [0, 0.05) is 23.0 Å². The number of aromatic nitrogens is 3. The highest BCUT2D eigenvalue weighted by Gasteiger charge is 2.12. The summed E-state index contributed by atoms with van der Waals surface area (Å²) in [4.78, 5) is 3.30. The Morgan fingerprint density at radius 2 is 2.24 bits per heavy atom. The van der Waals surface area contributed by atoms with Crippen LogP contribution in [0.3, 0.4) is 0 Å². The van der Waals surface area contributed by atoms with Crippen LogP contribution in [-0.2, 0) is 7.05 Å². The maximum Gasteiger partial charge on any atom is 0.107 e. The van der Waals surface area contributed by atoms with Crippen LogP contribution < -0.4 is 5.73 Å². The number of anilines is 1. The predicted molar refractivity (Wildman–Crippen MR) is 69.9 cm³/mol. The van der Waals surface area contributed by atoms with Crippen molar-refractivity contribution in [3.63, 3.8) is 0 Å². The van der Waals surface area contributed by atoms with Crippen molar-refractivity contribution in [3.8, 4) is 11.4 Å². The summed E-state index contributed by atoms with van der Waals surface area (Å²) in [6, 6.07) is 7.76. The molecule has 3 rings (SSSR count). The zero-order valence-electron chi connectivity index (χ0n) is 9.24. The van der Waals surface area contributed by atoms with Crippen molar-refractivity contribution < 1.29 is 0 Å². The molecule has 0 amide bonds. The number of H-pyrrole nitrogens is 1. The van der Waals surface area contributed by atoms with Gasteiger partial charge in [-0.15, -0.1) is 0 Å². The molecule has 0 aliphatic heterocycles. The lowest BCUT2D eigenvalue weighted by Crippen LogP contribution is -1.95. The number of nitrogens with one attached hydrogen (secondary N) is 1. The Balaban J connectivity index is 2.29. The Morgan fingerprint density at radius 3 is 2.88 bits per heavy atom. The van der Waals surface area contributed by atoms with Gasteiger partial charge in [0.2, 0.25) is 0 Å². The maximum atomic E-state index is 6.14. The molecule has 1 aromatic carbocycles. The van der Waals surface area contributed by atoms with Crippen molar-refractivity contribution in [3.05, 3.63) is 35.5 Å². The number of aryl methyl sites for hydroxylation is 1. The predicted octanol–water partition coefficient (Wildman–Crippen LogP) is 2.80. The van der Waals surface area contributed by atoms with Crippen LogP contribution in [0.15, 0.2) is 30.5 Å². The van der Waals surface area contributed by atoms with Crippen molar-refractivity contribution in [1.82, 2.24) is 14.8 Å². The van der Waals surface area contributed by atoms with Gasteiger partial charge >= 0.3 is 0 Å². The summed E-state index contributed by atoms with van der Waals surface area (Å²) in [5, 5.41) is 5.84. The molecule has 17 heavy (non-hydrogen) atoms. The van der Waals surface area contributed by atoms with E-state index < -0.39 is 0 Å². The topological polar surface area (TPSA) is 59.6 Å². The molecule has 0 spiro atoms. The number of hydrogen-bond acceptors (Lipinski definition) is 2. The van der Waals surface area contributed by atoms with Gasteiger partial charge in [-0.2, -0.15) is 5.10 Å². The first-order valence-corrected chi connectivity index (χ1v) is 5.59. The number of fused-ring (bicyclic) bond motifs is 1. The zero-order chi connectivity index (χ0) is 12.0. The van der Waals surface area contributed by atoms with Gasteiger partial charge in [-0.1, -0.05) is 17.7 Å². The molecule has 0 saturated carbocycles. The van der Waals surface area contributed by atoms with Crippen LogP contribution >= 0.6 is 11.6 Å². The fourth-order valence-electron chi connectivity index (χ4n) is 2.03. The maximum absolute atomic E-state index is 6.14. The second-order valence-corrected chi connectivity index (χ2v) is 4.36. The number of benzene rings is 1. The van der Waals surface area contributed by atoms with Crippen LogP contribution in [-0.4, -0.2) is 14.8 Å². The molecule has 0 fully saturated rings. The third-order valence-corrected chi connectivity index (χ3v) is 3.16. The van der Waals surface area contributed by atoms with E-state index in [1.807, 2.05) is 31.3 Å². The molecule has 3 N–H and O–H groups in total. The van der Waals surface area contributed by atoms with Crippen LogP contribution in [0, 0.1) is 0 Å². The first-order chi connectivity index (χ1) is 8.16. The number of nitrogen functional groups attached to an aromatic ring is 1. The zero-order valence-corrected chi connectivity index (χ0v) is 9.99. The minimum absolute atomic E-state index is 0.648. The number of nitrogens with zero attached hydrogens (tertiary/aromatic N) is 2. The normalized spacial score (nSPS) is 11.2. The van der Waals surface area contributed by atoms with Crippen LogP contribution in [0.25, 0.3) is 22.3 Å². The largest absolute Gasteiger partial charge is 0.396 e. The fourth-order valence-corrected chi connectivity index (χ4v) is 2.26. The summed E-state index contributed by atoms with van der Waals surface area (Å²) in [6.07, 6.45) is 1.64. The van der Waals surface area contributed by atoms with E-state index in [-0.39, 0.29) is 0 Å². The van der Waals surface area contributed by atoms with E-state index in [2.05, 4.69) is 10.1 Å². The molecule has 0 bridgehead atoms. The standard InChI is InChI=1S/C12H11ClN4/c1-17-12(9(14)6-15-17)11-5-7-8(13)3-2-4-10(7)16-11/h2-6,16H,14H2,1H3. The quantitative estimate of drug-likeness (QED) is 0.694. The molecule has 0 aliphatic carbocycles. The molecule has 86 valence electrons.